The van der Waals surface area contributed by atoms with E-state index < -0.39 is 19.8 Å². The fraction of sp³-hybridized carbons (Fsp3) is 0.562. The van der Waals surface area contributed by atoms with E-state index in [1.54, 1.807) is 17.0 Å². The van der Waals surface area contributed by atoms with Crippen LogP contribution in [0.25, 0.3) is 0 Å². The summed E-state index contributed by atoms with van der Waals surface area (Å²) in [7, 11) is -6.81. The third-order valence-corrected chi connectivity index (χ3v) is 8.64. The molecular formula is C16H24N2O4S2. The molecule has 1 heterocycles. The minimum absolute atomic E-state index is 0.0281. The second kappa shape index (κ2) is 7.23. The Bertz CT molecular complexity index is 808. The lowest BCUT2D eigenvalue weighted by atomic mass is 10.1. The highest BCUT2D eigenvalue weighted by atomic mass is 32.3. The van der Waals surface area contributed by atoms with Crippen molar-refractivity contribution in [2.75, 3.05) is 24.6 Å². The lowest BCUT2D eigenvalue weighted by Crippen LogP contribution is -2.45. The molecule has 6 nitrogen and oxygen atoms in total. The van der Waals surface area contributed by atoms with Crippen molar-refractivity contribution in [3.8, 4) is 0 Å². The van der Waals surface area contributed by atoms with Crippen LogP contribution in [0.2, 0.25) is 0 Å². The van der Waals surface area contributed by atoms with Crippen molar-refractivity contribution in [2.24, 2.45) is 9.69 Å². The molecule has 1 saturated heterocycles. The van der Waals surface area contributed by atoms with Gasteiger partial charge in [-0.3, -0.25) is 4.79 Å². The number of benzene rings is 1. The third kappa shape index (κ3) is 4.36. The largest absolute Gasteiger partial charge is 0.341 e. The number of sulfonamides is 1. The maximum Gasteiger partial charge on any atom is 0.290 e. The van der Waals surface area contributed by atoms with Gasteiger partial charge < -0.3 is 4.90 Å². The normalized spacial score (nSPS) is 18.9. The molecule has 0 radical (unpaired) electrons. The van der Waals surface area contributed by atoms with Gasteiger partial charge >= 0.3 is 0 Å². The highest BCUT2D eigenvalue weighted by Crippen LogP contribution is 2.18. The van der Waals surface area contributed by atoms with E-state index in [9.17, 15) is 17.4 Å². The van der Waals surface area contributed by atoms with E-state index in [4.69, 9.17) is 0 Å². The topological polar surface area (TPSA) is 83.9 Å². The van der Waals surface area contributed by atoms with Crippen molar-refractivity contribution in [3.05, 3.63) is 29.8 Å². The van der Waals surface area contributed by atoms with Crippen LogP contribution in [0.15, 0.2) is 32.9 Å². The second-order valence-corrected chi connectivity index (χ2v) is 10.6. The number of rotatable bonds is 4. The Morgan fingerprint density at radius 3 is 2.29 bits per heavy atom. The van der Waals surface area contributed by atoms with E-state index in [0.29, 0.717) is 0 Å². The fourth-order valence-electron chi connectivity index (χ4n) is 2.43. The average molecular weight is 373 g/mol. The van der Waals surface area contributed by atoms with Crippen LogP contribution in [-0.2, 0) is 24.5 Å². The summed E-state index contributed by atoms with van der Waals surface area (Å²) in [6, 6.07) is 6.31. The molecule has 0 spiro atoms. The number of nitrogens with zero attached hydrogens (tertiary/aromatic N) is 2. The van der Waals surface area contributed by atoms with E-state index in [1.807, 2.05) is 20.8 Å². The molecule has 1 amide bonds. The number of amides is 1. The first-order valence-electron chi connectivity index (χ1n) is 8.01. The lowest BCUT2D eigenvalue weighted by Gasteiger charge is -2.30. The monoisotopic (exact) mass is 372 g/mol. The molecule has 1 fully saturated rings. The van der Waals surface area contributed by atoms with E-state index in [-0.39, 0.29) is 41.3 Å². The first-order valence-corrected chi connectivity index (χ1v) is 11.3. The molecule has 0 aromatic heterocycles. The van der Waals surface area contributed by atoms with Crippen LogP contribution in [0.4, 0.5) is 0 Å². The summed E-state index contributed by atoms with van der Waals surface area (Å²) in [5.74, 6) is 0.147. The van der Waals surface area contributed by atoms with Gasteiger partial charge in [0.2, 0.25) is 5.91 Å². The zero-order chi connectivity index (χ0) is 18.0. The van der Waals surface area contributed by atoms with Gasteiger partial charge in [0, 0.05) is 19.0 Å². The van der Waals surface area contributed by atoms with Crippen LogP contribution >= 0.6 is 0 Å². The standard InChI is InChI=1S/C16H24N2O4S2/c1-4-14(3)16(19)18-9-11-23(20,12-10-18)17-24(21,22)15-7-5-13(2)6-8-15/h5-8,14H,4,9-12H2,1-3H3. The molecule has 1 aliphatic heterocycles. The SMILES string of the molecule is CCC(C)C(=O)N1CCS(=O)(=NS(=O)(=O)c2ccc(C)cc2)CC1. The van der Waals surface area contributed by atoms with Crippen LogP contribution in [0, 0.1) is 12.8 Å². The Kier molecular flexibility index (Phi) is 5.70. The molecular weight excluding hydrogens is 348 g/mol. The van der Waals surface area contributed by atoms with Crippen LogP contribution in [-0.4, -0.2) is 48.0 Å². The van der Waals surface area contributed by atoms with Crippen molar-refractivity contribution in [1.82, 2.24) is 4.90 Å². The van der Waals surface area contributed by atoms with Gasteiger partial charge in [0.25, 0.3) is 10.0 Å². The van der Waals surface area contributed by atoms with Gasteiger partial charge in [0.1, 0.15) is 0 Å². The Hall–Kier alpha value is -1.41. The van der Waals surface area contributed by atoms with Gasteiger partial charge in [0.05, 0.1) is 26.1 Å². The zero-order valence-corrected chi connectivity index (χ0v) is 15.9. The number of carbonyl (C=O) groups is 1. The van der Waals surface area contributed by atoms with Gasteiger partial charge in [-0.1, -0.05) is 31.5 Å². The van der Waals surface area contributed by atoms with Gasteiger partial charge in [-0.25, -0.2) is 4.21 Å². The van der Waals surface area contributed by atoms with E-state index >= 15 is 0 Å². The van der Waals surface area contributed by atoms with E-state index in [1.165, 1.54) is 12.1 Å². The molecule has 1 unspecified atom stereocenters. The number of hydrogen-bond acceptors (Lipinski definition) is 4. The molecule has 0 aliphatic carbocycles. The quantitative estimate of drug-likeness (QED) is 0.810. The third-order valence-electron chi connectivity index (χ3n) is 4.26. The second-order valence-electron chi connectivity index (χ2n) is 6.18. The summed E-state index contributed by atoms with van der Waals surface area (Å²) >= 11 is 0. The van der Waals surface area contributed by atoms with Crippen LogP contribution in [0.5, 0.6) is 0 Å². The number of carbonyl (C=O) groups excluding carboxylic acids is 1. The molecule has 0 N–H and O–H groups in total. The van der Waals surface area contributed by atoms with Crippen molar-refractivity contribution in [1.29, 1.82) is 0 Å². The van der Waals surface area contributed by atoms with Crippen LogP contribution in [0.1, 0.15) is 25.8 Å². The summed E-state index contributed by atoms with van der Waals surface area (Å²) in [5.41, 5.74) is 0.940. The predicted molar refractivity (Wildman–Crippen MR) is 94.7 cm³/mol. The van der Waals surface area contributed by atoms with Gasteiger partial charge in [-0.05, 0) is 25.5 Å². The van der Waals surface area contributed by atoms with Crippen molar-refractivity contribution in [2.45, 2.75) is 32.1 Å². The number of aryl methyl sites for hydroxylation is 1. The summed E-state index contributed by atoms with van der Waals surface area (Å²) in [4.78, 5) is 13.9. The molecule has 8 heteroatoms. The van der Waals surface area contributed by atoms with Crippen molar-refractivity contribution < 1.29 is 17.4 Å². The highest BCUT2D eigenvalue weighted by Gasteiger charge is 2.28. The van der Waals surface area contributed by atoms with Crippen molar-refractivity contribution >= 4 is 25.7 Å². The fourth-order valence-corrected chi connectivity index (χ4v) is 6.50. The lowest BCUT2D eigenvalue weighted by molar-refractivity contribution is -0.134. The maximum atomic E-state index is 12.8. The Morgan fingerprint density at radius 2 is 1.79 bits per heavy atom. The van der Waals surface area contributed by atoms with Gasteiger partial charge in [0.15, 0.2) is 0 Å². The summed E-state index contributed by atoms with van der Waals surface area (Å²) in [6.07, 6.45) is 0.747. The molecule has 1 aliphatic rings. The van der Waals surface area contributed by atoms with Crippen molar-refractivity contribution in [3.63, 3.8) is 0 Å². The zero-order valence-electron chi connectivity index (χ0n) is 14.3. The first kappa shape index (κ1) is 18.9. The minimum Gasteiger partial charge on any atom is -0.341 e. The molecule has 1 aromatic rings. The van der Waals surface area contributed by atoms with E-state index in [0.717, 1.165) is 12.0 Å². The molecule has 0 saturated carbocycles. The maximum absolute atomic E-state index is 12.8. The summed E-state index contributed by atoms with van der Waals surface area (Å²) < 4.78 is 41.2. The molecule has 134 valence electrons. The Balaban J connectivity index is 2.18. The van der Waals surface area contributed by atoms with Gasteiger partial charge in [-0.15, -0.1) is 3.77 Å². The smallest absolute Gasteiger partial charge is 0.290 e. The number of hydrogen-bond donors (Lipinski definition) is 0. The molecule has 2 rings (SSSR count). The average Bonchev–Trinajstić information content (AvgIpc) is 2.53. The highest BCUT2D eigenvalue weighted by molar-refractivity contribution is 8.03. The van der Waals surface area contributed by atoms with E-state index in [2.05, 4.69) is 3.77 Å². The van der Waals surface area contributed by atoms with Gasteiger partial charge in [-0.2, -0.15) is 8.42 Å². The van der Waals surface area contributed by atoms with Crippen LogP contribution < -0.4 is 0 Å². The molecule has 24 heavy (non-hydrogen) atoms. The minimum atomic E-state index is -3.95. The molecule has 1 atom stereocenters. The Labute approximate surface area is 144 Å². The predicted octanol–water partition coefficient (Wildman–Crippen LogP) is 2.04. The summed E-state index contributed by atoms with van der Waals surface area (Å²) in [5, 5.41) is 0. The molecule has 0 bridgehead atoms. The van der Waals surface area contributed by atoms with Crippen LogP contribution in [0.3, 0.4) is 0 Å². The first-order chi connectivity index (χ1) is 11.2. The molecule has 1 aromatic carbocycles. The summed E-state index contributed by atoms with van der Waals surface area (Å²) in [6.45, 7) is 6.24. The Morgan fingerprint density at radius 1 is 1.25 bits per heavy atom.